The third-order valence-electron chi connectivity index (χ3n) is 2.31. The highest BCUT2D eigenvalue weighted by Gasteiger charge is 2.01. The second kappa shape index (κ2) is 4.17. The zero-order valence-corrected chi connectivity index (χ0v) is 8.85. The van der Waals surface area contributed by atoms with Gasteiger partial charge in [-0.2, -0.15) is 5.10 Å². The number of nitrogens with two attached hydrogens (primary N) is 1. The Hall–Kier alpha value is -1.77. The van der Waals surface area contributed by atoms with Crippen molar-refractivity contribution in [1.82, 2.24) is 9.78 Å². The minimum absolute atomic E-state index is 0.788. The third-order valence-corrected chi connectivity index (χ3v) is 2.31. The Labute approximate surface area is 89.5 Å². The number of aromatic nitrogens is 2. The monoisotopic (exact) mass is 201 g/mol. The predicted octanol–water partition coefficient (Wildman–Crippen LogP) is 2.54. The zero-order chi connectivity index (χ0) is 10.7. The molecule has 0 fully saturated rings. The summed E-state index contributed by atoms with van der Waals surface area (Å²) in [4.78, 5) is 0. The first-order valence-electron chi connectivity index (χ1n) is 5.18. The molecule has 0 amide bonds. The van der Waals surface area contributed by atoms with Crippen LogP contribution in [0.4, 0.5) is 5.69 Å². The van der Waals surface area contributed by atoms with Gasteiger partial charge in [-0.25, -0.2) is 0 Å². The van der Waals surface area contributed by atoms with Crippen molar-refractivity contribution in [3.05, 3.63) is 36.7 Å². The van der Waals surface area contributed by atoms with E-state index in [0.717, 1.165) is 29.8 Å². The van der Waals surface area contributed by atoms with Gasteiger partial charge in [-0.1, -0.05) is 19.1 Å². The van der Waals surface area contributed by atoms with Gasteiger partial charge >= 0.3 is 0 Å². The summed E-state index contributed by atoms with van der Waals surface area (Å²) in [5.74, 6) is 0. The molecule has 0 aliphatic rings. The van der Waals surface area contributed by atoms with E-state index in [1.807, 2.05) is 35.1 Å². The van der Waals surface area contributed by atoms with E-state index in [9.17, 15) is 0 Å². The summed E-state index contributed by atoms with van der Waals surface area (Å²) in [7, 11) is 0. The molecule has 78 valence electrons. The van der Waals surface area contributed by atoms with Gasteiger partial charge in [0.05, 0.1) is 6.20 Å². The van der Waals surface area contributed by atoms with Gasteiger partial charge in [0.15, 0.2) is 0 Å². The number of nitrogens with zero attached hydrogens (tertiary/aromatic N) is 2. The van der Waals surface area contributed by atoms with Crippen LogP contribution in [0.1, 0.15) is 13.3 Å². The third kappa shape index (κ3) is 2.18. The molecule has 0 saturated heterocycles. The maximum absolute atomic E-state index is 5.73. The van der Waals surface area contributed by atoms with Crippen LogP contribution < -0.4 is 5.73 Å². The molecule has 0 saturated carbocycles. The quantitative estimate of drug-likeness (QED) is 0.775. The summed E-state index contributed by atoms with van der Waals surface area (Å²) in [6.07, 6.45) is 5.03. The molecule has 15 heavy (non-hydrogen) atoms. The highest BCUT2D eigenvalue weighted by atomic mass is 15.3. The highest BCUT2D eigenvalue weighted by molar-refractivity contribution is 5.65. The largest absolute Gasteiger partial charge is 0.399 e. The second-order valence-electron chi connectivity index (χ2n) is 3.62. The molecule has 0 radical (unpaired) electrons. The van der Waals surface area contributed by atoms with Crippen LogP contribution in [0.5, 0.6) is 0 Å². The fourth-order valence-corrected chi connectivity index (χ4v) is 1.58. The van der Waals surface area contributed by atoms with Crippen molar-refractivity contribution >= 4 is 5.69 Å². The van der Waals surface area contributed by atoms with E-state index in [2.05, 4.69) is 18.2 Å². The Morgan fingerprint density at radius 3 is 2.93 bits per heavy atom. The zero-order valence-electron chi connectivity index (χ0n) is 8.85. The molecule has 2 rings (SSSR count). The maximum atomic E-state index is 5.73. The molecule has 0 bridgehead atoms. The smallest absolute Gasteiger partial charge is 0.0568 e. The maximum Gasteiger partial charge on any atom is 0.0568 e. The molecule has 0 aliphatic carbocycles. The number of hydrogen-bond acceptors (Lipinski definition) is 2. The molecule has 0 atom stereocenters. The standard InChI is InChI=1S/C12H15N3/c1-2-6-15-9-11(8-14-15)10-4-3-5-12(13)7-10/h3-5,7-9H,2,6,13H2,1H3. The molecule has 1 aromatic heterocycles. The van der Waals surface area contributed by atoms with E-state index in [4.69, 9.17) is 5.73 Å². The van der Waals surface area contributed by atoms with Gasteiger partial charge in [-0.15, -0.1) is 0 Å². The van der Waals surface area contributed by atoms with E-state index in [1.165, 1.54) is 0 Å². The highest BCUT2D eigenvalue weighted by Crippen LogP contribution is 2.20. The van der Waals surface area contributed by atoms with Crippen LogP contribution in [-0.4, -0.2) is 9.78 Å². The number of rotatable bonds is 3. The molecule has 0 unspecified atom stereocenters. The van der Waals surface area contributed by atoms with Crippen LogP contribution in [0.3, 0.4) is 0 Å². The summed E-state index contributed by atoms with van der Waals surface area (Å²) >= 11 is 0. The SMILES string of the molecule is CCCn1cc(-c2cccc(N)c2)cn1. The molecule has 2 N–H and O–H groups in total. The van der Waals surface area contributed by atoms with Crippen LogP contribution in [-0.2, 0) is 6.54 Å². The Balaban J connectivity index is 2.29. The first kappa shape index (κ1) is 9.77. The molecule has 3 heteroatoms. The normalized spacial score (nSPS) is 10.5. The topological polar surface area (TPSA) is 43.8 Å². The number of benzene rings is 1. The van der Waals surface area contributed by atoms with Crippen molar-refractivity contribution in [2.75, 3.05) is 5.73 Å². The minimum Gasteiger partial charge on any atom is -0.399 e. The summed E-state index contributed by atoms with van der Waals surface area (Å²) < 4.78 is 1.96. The van der Waals surface area contributed by atoms with Gasteiger partial charge in [0.25, 0.3) is 0 Å². The number of anilines is 1. The van der Waals surface area contributed by atoms with Gasteiger partial charge in [0.2, 0.25) is 0 Å². The summed E-state index contributed by atoms with van der Waals surface area (Å²) in [6, 6.07) is 7.86. The van der Waals surface area contributed by atoms with Gasteiger partial charge in [0, 0.05) is 24.0 Å². The predicted molar refractivity (Wildman–Crippen MR) is 62.4 cm³/mol. The van der Waals surface area contributed by atoms with Gasteiger partial charge in [-0.05, 0) is 24.1 Å². The summed E-state index contributed by atoms with van der Waals surface area (Å²) in [6.45, 7) is 3.10. The van der Waals surface area contributed by atoms with Crippen LogP contribution in [0.2, 0.25) is 0 Å². The van der Waals surface area contributed by atoms with Crippen molar-refractivity contribution in [3.8, 4) is 11.1 Å². The average molecular weight is 201 g/mol. The minimum atomic E-state index is 0.788. The van der Waals surface area contributed by atoms with Crippen molar-refractivity contribution in [2.24, 2.45) is 0 Å². The first-order chi connectivity index (χ1) is 7.29. The van der Waals surface area contributed by atoms with E-state index in [1.54, 1.807) is 0 Å². The molecular weight excluding hydrogens is 186 g/mol. The summed E-state index contributed by atoms with van der Waals surface area (Å²) in [5.41, 5.74) is 8.77. The second-order valence-corrected chi connectivity index (χ2v) is 3.62. The molecule has 1 heterocycles. The van der Waals surface area contributed by atoms with Crippen molar-refractivity contribution < 1.29 is 0 Å². The molecule has 1 aromatic carbocycles. The van der Waals surface area contributed by atoms with Crippen LogP contribution in [0.25, 0.3) is 11.1 Å². The van der Waals surface area contributed by atoms with Crippen LogP contribution >= 0.6 is 0 Å². The number of hydrogen-bond donors (Lipinski definition) is 1. The van der Waals surface area contributed by atoms with Gasteiger partial charge in [0.1, 0.15) is 0 Å². The van der Waals surface area contributed by atoms with E-state index in [-0.39, 0.29) is 0 Å². The van der Waals surface area contributed by atoms with Crippen molar-refractivity contribution in [2.45, 2.75) is 19.9 Å². The van der Waals surface area contributed by atoms with Gasteiger partial charge in [-0.3, -0.25) is 4.68 Å². The average Bonchev–Trinajstić information content (AvgIpc) is 2.67. The van der Waals surface area contributed by atoms with E-state index >= 15 is 0 Å². The molecule has 2 aromatic rings. The molecule has 0 aliphatic heterocycles. The van der Waals surface area contributed by atoms with Gasteiger partial charge < -0.3 is 5.73 Å². The van der Waals surface area contributed by atoms with E-state index in [0.29, 0.717) is 0 Å². The van der Waals surface area contributed by atoms with E-state index < -0.39 is 0 Å². The Morgan fingerprint density at radius 1 is 1.33 bits per heavy atom. The molecule has 3 nitrogen and oxygen atoms in total. The van der Waals surface area contributed by atoms with Crippen LogP contribution in [0, 0.1) is 0 Å². The van der Waals surface area contributed by atoms with Crippen molar-refractivity contribution in [3.63, 3.8) is 0 Å². The molecular formula is C12H15N3. The fraction of sp³-hybridized carbons (Fsp3) is 0.250. The Morgan fingerprint density at radius 2 is 2.20 bits per heavy atom. The first-order valence-corrected chi connectivity index (χ1v) is 5.18. The fourth-order valence-electron chi connectivity index (χ4n) is 1.58. The lowest BCUT2D eigenvalue weighted by Crippen LogP contribution is -1.95. The lowest BCUT2D eigenvalue weighted by molar-refractivity contribution is 0.603. The Kier molecular flexibility index (Phi) is 2.72. The molecule has 0 spiro atoms. The summed E-state index contributed by atoms with van der Waals surface area (Å²) in [5, 5.41) is 4.29. The number of nitrogen functional groups attached to an aromatic ring is 1. The lowest BCUT2D eigenvalue weighted by Gasteiger charge is -1.98. The Bertz CT molecular complexity index is 446. The number of aryl methyl sites for hydroxylation is 1. The van der Waals surface area contributed by atoms with Crippen LogP contribution in [0.15, 0.2) is 36.7 Å². The lowest BCUT2D eigenvalue weighted by atomic mass is 10.1. The van der Waals surface area contributed by atoms with Crippen molar-refractivity contribution in [1.29, 1.82) is 0 Å².